The van der Waals surface area contributed by atoms with Gasteiger partial charge in [-0.25, -0.2) is 0 Å². The van der Waals surface area contributed by atoms with Crippen LogP contribution in [0.3, 0.4) is 0 Å². The lowest BCUT2D eigenvalue weighted by atomic mass is 10.2. The quantitative estimate of drug-likeness (QED) is 0.649. The molecule has 0 fully saturated rings. The molecule has 1 aromatic carbocycles. The predicted molar refractivity (Wildman–Crippen MR) is 109 cm³/mol. The zero-order chi connectivity index (χ0) is 17.6. The lowest BCUT2D eigenvalue weighted by molar-refractivity contribution is 0.0951. The number of aromatic nitrogens is 2. The number of hydrogen-bond donors (Lipinski definition) is 2. The van der Waals surface area contributed by atoms with Gasteiger partial charge in [0.15, 0.2) is 0 Å². The fourth-order valence-electron chi connectivity index (χ4n) is 2.48. The summed E-state index contributed by atoms with van der Waals surface area (Å²) < 4.78 is 1.83. The predicted octanol–water partition coefficient (Wildman–Crippen LogP) is 3.42. The van der Waals surface area contributed by atoms with Crippen LogP contribution in [0.1, 0.15) is 22.8 Å². The number of nitrogens with zero attached hydrogens (tertiary/aromatic N) is 2. The topological polar surface area (TPSA) is 58.9 Å². The van der Waals surface area contributed by atoms with Gasteiger partial charge >= 0.3 is 0 Å². The lowest BCUT2D eigenvalue weighted by Gasteiger charge is -2.11. The first-order chi connectivity index (χ1) is 12.2. The molecule has 2 heterocycles. The van der Waals surface area contributed by atoms with Crippen LogP contribution in [-0.4, -0.2) is 35.3 Å². The third-order valence-corrected chi connectivity index (χ3v) is 4.89. The Balaban J connectivity index is 0.00000243. The van der Waals surface area contributed by atoms with Crippen LogP contribution in [0.5, 0.6) is 0 Å². The summed E-state index contributed by atoms with van der Waals surface area (Å²) in [5.41, 5.74) is 2.50. The number of rotatable bonds is 7. The highest BCUT2D eigenvalue weighted by molar-refractivity contribution is 7.13. The van der Waals surface area contributed by atoms with Gasteiger partial charge in [0.05, 0.1) is 17.0 Å². The first kappa shape index (κ1) is 20.2. The minimum absolute atomic E-state index is 0. The van der Waals surface area contributed by atoms with Crippen molar-refractivity contribution in [3.8, 4) is 10.6 Å². The highest BCUT2D eigenvalue weighted by Gasteiger charge is 2.19. The summed E-state index contributed by atoms with van der Waals surface area (Å²) in [6.45, 7) is 3.24. The van der Waals surface area contributed by atoms with Crippen molar-refractivity contribution in [2.75, 3.05) is 13.6 Å². The van der Waals surface area contributed by atoms with Gasteiger partial charge < -0.3 is 10.6 Å². The molecule has 0 saturated heterocycles. The fourth-order valence-corrected chi connectivity index (χ4v) is 3.20. The number of carbonyl (C=O) groups excluding carboxylic acids is 1. The molecule has 2 aromatic heterocycles. The zero-order valence-corrected chi connectivity index (χ0v) is 16.4. The van der Waals surface area contributed by atoms with E-state index in [4.69, 9.17) is 0 Å². The molecule has 3 rings (SSSR count). The first-order valence-corrected chi connectivity index (χ1v) is 9.16. The van der Waals surface area contributed by atoms with Crippen LogP contribution in [-0.2, 0) is 6.54 Å². The SMILES string of the molecule is CNC(C)CNC(=O)c1cn(Cc2ccccc2)nc1-c1cccs1.Cl. The van der Waals surface area contributed by atoms with E-state index in [1.165, 1.54) is 0 Å². The second-order valence-corrected chi connectivity index (χ2v) is 6.90. The molecule has 0 saturated carbocycles. The van der Waals surface area contributed by atoms with Gasteiger partial charge in [0.1, 0.15) is 5.69 Å². The Morgan fingerprint density at radius 2 is 2.00 bits per heavy atom. The van der Waals surface area contributed by atoms with E-state index in [2.05, 4.69) is 27.9 Å². The molecule has 0 aliphatic carbocycles. The van der Waals surface area contributed by atoms with Crippen molar-refractivity contribution >= 4 is 29.7 Å². The number of thiophene rings is 1. The molecule has 1 unspecified atom stereocenters. The summed E-state index contributed by atoms with van der Waals surface area (Å²) in [6.07, 6.45) is 1.83. The molecule has 3 aromatic rings. The summed E-state index contributed by atoms with van der Waals surface area (Å²) in [6, 6.07) is 14.3. The maximum atomic E-state index is 12.7. The number of hydrogen-bond acceptors (Lipinski definition) is 4. The summed E-state index contributed by atoms with van der Waals surface area (Å²) in [4.78, 5) is 13.7. The number of halogens is 1. The number of nitrogens with one attached hydrogen (secondary N) is 2. The summed E-state index contributed by atoms with van der Waals surface area (Å²) >= 11 is 1.59. The van der Waals surface area contributed by atoms with Crippen molar-refractivity contribution in [1.29, 1.82) is 0 Å². The van der Waals surface area contributed by atoms with Gasteiger partial charge in [-0.15, -0.1) is 23.7 Å². The Morgan fingerprint density at radius 1 is 1.23 bits per heavy atom. The van der Waals surface area contributed by atoms with Crippen molar-refractivity contribution in [2.24, 2.45) is 0 Å². The van der Waals surface area contributed by atoms with Gasteiger partial charge in [0, 0.05) is 18.8 Å². The van der Waals surface area contributed by atoms with E-state index < -0.39 is 0 Å². The normalized spacial score (nSPS) is 11.6. The third-order valence-electron chi connectivity index (χ3n) is 4.01. The van der Waals surface area contributed by atoms with Crippen molar-refractivity contribution < 1.29 is 4.79 Å². The molecule has 1 atom stereocenters. The summed E-state index contributed by atoms with van der Waals surface area (Å²) in [5, 5.41) is 12.8. The van der Waals surface area contributed by atoms with Crippen molar-refractivity contribution in [3.05, 3.63) is 65.2 Å². The highest BCUT2D eigenvalue weighted by Crippen LogP contribution is 2.27. The van der Waals surface area contributed by atoms with Gasteiger partial charge in [0.25, 0.3) is 5.91 Å². The Morgan fingerprint density at radius 3 is 2.65 bits per heavy atom. The minimum Gasteiger partial charge on any atom is -0.350 e. The van der Waals surface area contributed by atoms with Crippen molar-refractivity contribution in [3.63, 3.8) is 0 Å². The number of likely N-dealkylation sites (N-methyl/N-ethyl adjacent to an activating group) is 1. The van der Waals surface area contributed by atoms with E-state index in [1.54, 1.807) is 11.3 Å². The second-order valence-electron chi connectivity index (χ2n) is 5.95. The molecule has 7 heteroatoms. The van der Waals surface area contributed by atoms with Crippen LogP contribution in [0, 0.1) is 0 Å². The van der Waals surface area contributed by atoms with Gasteiger partial charge in [-0.3, -0.25) is 9.48 Å². The molecule has 138 valence electrons. The van der Waals surface area contributed by atoms with Gasteiger partial charge in [-0.05, 0) is 31.0 Å². The van der Waals surface area contributed by atoms with E-state index in [9.17, 15) is 4.79 Å². The minimum atomic E-state index is -0.0928. The summed E-state index contributed by atoms with van der Waals surface area (Å²) in [7, 11) is 1.88. The van der Waals surface area contributed by atoms with Crippen LogP contribution in [0.15, 0.2) is 54.0 Å². The average molecular weight is 391 g/mol. The monoisotopic (exact) mass is 390 g/mol. The van der Waals surface area contributed by atoms with Crippen LogP contribution in [0.4, 0.5) is 0 Å². The highest BCUT2D eigenvalue weighted by atomic mass is 35.5. The molecule has 5 nitrogen and oxygen atoms in total. The van der Waals surface area contributed by atoms with Crippen LogP contribution < -0.4 is 10.6 Å². The van der Waals surface area contributed by atoms with E-state index >= 15 is 0 Å². The van der Waals surface area contributed by atoms with Gasteiger partial charge in [-0.1, -0.05) is 36.4 Å². The maximum Gasteiger partial charge on any atom is 0.255 e. The largest absolute Gasteiger partial charge is 0.350 e. The number of amides is 1. The maximum absolute atomic E-state index is 12.7. The van der Waals surface area contributed by atoms with Crippen molar-refractivity contribution in [2.45, 2.75) is 19.5 Å². The Bertz CT molecular complexity index is 817. The average Bonchev–Trinajstić information content (AvgIpc) is 3.29. The van der Waals surface area contributed by atoms with Gasteiger partial charge in [-0.2, -0.15) is 5.10 Å². The van der Waals surface area contributed by atoms with Crippen LogP contribution in [0.2, 0.25) is 0 Å². The molecule has 0 aliphatic rings. The molecule has 26 heavy (non-hydrogen) atoms. The molecule has 0 spiro atoms. The molecule has 1 amide bonds. The van der Waals surface area contributed by atoms with E-state index in [-0.39, 0.29) is 24.4 Å². The molecule has 0 radical (unpaired) electrons. The smallest absolute Gasteiger partial charge is 0.255 e. The van der Waals surface area contributed by atoms with E-state index in [1.807, 2.05) is 60.6 Å². The molecular weight excluding hydrogens is 368 g/mol. The summed E-state index contributed by atoms with van der Waals surface area (Å²) in [5.74, 6) is -0.0928. The lowest BCUT2D eigenvalue weighted by Crippen LogP contribution is -2.37. The standard InChI is InChI=1S/C19H22N4OS.ClH/c1-14(20-2)11-21-19(24)16-13-23(12-15-7-4-3-5-8-15)22-18(16)17-9-6-10-25-17;/h3-10,13-14,20H,11-12H2,1-2H3,(H,21,24);1H. The van der Waals surface area contributed by atoms with E-state index in [0.29, 0.717) is 18.7 Å². The Kier molecular flexibility index (Phi) is 7.38. The zero-order valence-electron chi connectivity index (χ0n) is 14.8. The fraction of sp³-hybridized carbons (Fsp3) is 0.263. The van der Waals surface area contributed by atoms with Crippen LogP contribution >= 0.6 is 23.7 Å². The van der Waals surface area contributed by atoms with E-state index in [0.717, 1.165) is 16.1 Å². The second kappa shape index (κ2) is 9.52. The van der Waals surface area contributed by atoms with Crippen molar-refractivity contribution in [1.82, 2.24) is 20.4 Å². The van der Waals surface area contributed by atoms with Gasteiger partial charge in [0.2, 0.25) is 0 Å². The molecule has 0 bridgehead atoms. The molecule has 2 N–H and O–H groups in total. The first-order valence-electron chi connectivity index (χ1n) is 8.28. The number of carbonyl (C=O) groups is 1. The van der Waals surface area contributed by atoms with Crippen LogP contribution in [0.25, 0.3) is 10.6 Å². The molecule has 0 aliphatic heterocycles. The third kappa shape index (κ3) is 4.94. The Hall–Kier alpha value is -2.15. The number of benzene rings is 1. The Labute approximate surface area is 163 Å². The molecular formula is C19H23ClN4OS.